The number of nitrogens with zero attached hydrogens (tertiary/aromatic N) is 4. The predicted octanol–water partition coefficient (Wildman–Crippen LogP) is 4.67. The predicted molar refractivity (Wildman–Crippen MR) is 112 cm³/mol. The van der Waals surface area contributed by atoms with Gasteiger partial charge in [-0.2, -0.15) is 0 Å². The van der Waals surface area contributed by atoms with Crippen molar-refractivity contribution in [2.24, 2.45) is 0 Å². The van der Waals surface area contributed by atoms with Crippen molar-refractivity contribution in [3.05, 3.63) is 77.6 Å². The fraction of sp³-hybridized carbons (Fsp3) is 0.391. The Morgan fingerprint density at radius 1 is 0.828 bits per heavy atom. The smallest absolute Gasteiger partial charge is 0.303 e. The summed E-state index contributed by atoms with van der Waals surface area (Å²) < 4.78 is 1.93. The summed E-state index contributed by atoms with van der Waals surface area (Å²) in [5.74, 6) is 0.162. The van der Waals surface area contributed by atoms with E-state index in [1.165, 1.54) is 11.1 Å². The molecule has 2 aromatic carbocycles. The second-order valence-corrected chi connectivity index (χ2v) is 7.28. The van der Waals surface area contributed by atoms with Gasteiger partial charge in [-0.15, -0.1) is 5.10 Å². The van der Waals surface area contributed by atoms with E-state index in [0.29, 0.717) is 0 Å². The Labute approximate surface area is 171 Å². The summed E-state index contributed by atoms with van der Waals surface area (Å²) in [5.41, 5.74) is 2.35. The van der Waals surface area contributed by atoms with Crippen LogP contribution in [0.25, 0.3) is 0 Å². The fourth-order valence-electron chi connectivity index (χ4n) is 3.60. The third-order valence-electron chi connectivity index (χ3n) is 5.09. The molecule has 0 bridgehead atoms. The summed E-state index contributed by atoms with van der Waals surface area (Å²) in [4.78, 5) is 10.5. The van der Waals surface area contributed by atoms with Crippen molar-refractivity contribution in [1.82, 2.24) is 20.2 Å². The van der Waals surface area contributed by atoms with E-state index >= 15 is 0 Å². The van der Waals surface area contributed by atoms with Crippen molar-refractivity contribution < 1.29 is 9.90 Å². The zero-order chi connectivity index (χ0) is 20.3. The molecule has 3 rings (SSSR count). The molecule has 1 heterocycles. The standard InChI is InChI=1S/C23H28N4O2/c28-21(29)17-11-3-1-2-4-12-18-27-23(24-25-26-27)22(19-13-7-5-8-14-19)20-15-9-6-10-16-20/h5-10,13-16,22H,1-4,11-12,17-18H2,(H,28,29). The van der Waals surface area contributed by atoms with Gasteiger partial charge in [-0.1, -0.05) is 86.3 Å². The van der Waals surface area contributed by atoms with Crippen molar-refractivity contribution in [3.8, 4) is 0 Å². The molecule has 0 spiro atoms. The molecule has 0 aliphatic carbocycles. The van der Waals surface area contributed by atoms with Gasteiger partial charge < -0.3 is 5.11 Å². The molecule has 1 aromatic heterocycles. The molecule has 0 atom stereocenters. The van der Waals surface area contributed by atoms with Gasteiger partial charge in [0.05, 0.1) is 5.92 Å². The number of hydrogen-bond donors (Lipinski definition) is 1. The molecule has 6 nitrogen and oxygen atoms in total. The highest BCUT2D eigenvalue weighted by molar-refractivity contribution is 5.66. The molecule has 0 radical (unpaired) electrons. The van der Waals surface area contributed by atoms with Gasteiger partial charge in [0.15, 0.2) is 5.82 Å². The van der Waals surface area contributed by atoms with Crippen LogP contribution in [0, 0.1) is 0 Å². The normalized spacial score (nSPS) is 11.1. The van der Waals surface area contributed by atoms with E-state index < -0.39 is 5.97 Å². The Morgan fingerprint density at radius 2 is 1.38 bits per heavy atom. The van der Waals surface area contributed by atoms with Crippen LogP contribution in [-0.4, -0.2) is 31.3 Å². The molecular formula is C23H28N4O2. The largest absolute Gasteiger partial charge is 0.481 e. The third kappa shape index (κ3) is 6.24. The van der Waals surface area contributed by atoms with Crippen molar-refractivity contribution in [3.63, 3.8) is 0 Å². The molecule has 0 saturated carbocycles. The number of carboxylic acid groups (broad SMARTS) is 1. The number of hydrogen-bond acceptors (Lipinski definition) is 4. The quantitative estimate of drug-likeness (QED) is 0.453. The molecular weight excluding hydrogens is 364 g/mol. The van der Waals surface area contributed by atoms with Crippen LogP contribution in [-0.2, 0) is 11.3 Å². The van der Waals surface area contributed by atoms with Gasteiger partial charge >= 0.3 is 5.97 Å². The molecule has 6 heteroatoms. The third-order valence-corrected chi connectivity index (χ3v) is 5.09. The van der Waals surface area contributed by atoms with Crippen LogP contribution < -0.4 is 0 Å². The Kier molecular flexibility index (Phi) is 7.92. The van der Waals surface area contributed by atoms with E-state index in [2.05, 4.69) is 39.8 Å². The molecule has 0 amide bonds. The number of aromatic nitrogens is 4. The number of aliphatic carboxylic acids is 1. The highest BCUT2D eigenvalue weighted by Crippen LogP contribution is 2.30. The highest BCUT2D eigenvalue weighted by Gasteiger charge is 2.22. The second kappa shape index (κ2) is 11.1. The lowest BCUT2D eigenvalue weighted by molar-refractivity contribution is -0.137. The van der Waals surface area contributed by atoms with Crippen molar-refractivity contribution in [1.29, 1.82) is 0 Å². The van der Waals surface area contributed by atoms with E-state index in [1.807, 2.05) is 41.1 Å². The van der Waals surface area contributed by atoms with E-state index in [1.54, 1.807) is 0 Å². The molecule has 1 N–H and O–H groups in total. The van der Waals surface area contributed by atoms with Gasteiger partial charge in [-0.05, 0) is 34.4 Å². The summed E-state index contributed by atoms with van der Waals surface area (Å²) >= 11 is 0. The van der Waals surface area contributed by atoms with Gasteiger partial charge in [0, 0.05) is 13.0 Å². The number of benzene rings is 2. The van der Waals surface area contributed by atoms with Crippen LogP contribution in [0.2, 0.25) is 0 Å². The molecule has 29 heavy (non-hydrogen) atoms. The topological polar surface area (TPSA) is 80.9 Å². The molecule has 3 aromatic rings. The first-order valence-corrected chi connectivity index (χ1v) is 10.3. The van der Waals surface area contributed by atoms with Gasteiger partial charge in [0.2, 0.25) is 0 Å². The van der Waals surface area contributed by atoms with Gasteiger partial charge in [-0.25, -0.2) is 4.68 Å². The first-order chi connectivity index (χ1) is 14.3. The van der Waals surface area contributed by atoms with Gasteiger partial charge in [-0.3, -0.25) is 4.79 Å². The lowest BCUT2D eigenvalue weighted by Crippen LogP contribution is -2.13. The minimum atomic E-state index is -0.706. The molecule has 0 unspecified atom stereocenters. The number of carboxylic acids is 1. The minimum Gasteiger partial charge on any atom is -0.481 e. The minimum absolute atomic E-state index is 0.00317. The number of unbranched alkanes of at least 4 members (excludes halogenated alkanes) is 5. The maximum atomic E-state index is 10.5. The monoisotopic (exact) mass is 392 g/mol. The molecule has 152 valence electrons. The molecule has 0 saturated heterocycles. The van der Waals surface area contributed by atoms with Crippen molar-refractivity contribution in [2.45, 2.75) is 57.4 Å². The Bertz CT molecular complexity index is 825. The summed E-state index contributed by atoms with van der Waals surface area (Å²) in [7, 11) is 0. The van der Waals surface area contributed by atoms with E-state index in [0.717, 1.165) is 50.9 Å². The number of carbonyl (C=O) groups is 1. The second-order valence-electron chi connectivity index (χ2n) is 7.28. The first-order valence-electron chi connectivity index (χ1n) is 10.3. The van der Waals surface area contributed by atoms with Gasteiger partial charge in [0.1, 0.15) is 0 Å². The lowest BCUT2D eigenvalue weighted by atomic mass is 9.90. The van der Waals surface area contributed by atoms with E-state index in [4.69, 9.17) is 5.11 Å². The average Bonchev–Trinajstić information content (AvgIpc) is 3.19. The fourth-order valence-corrected chi connectivity index (χ4v) is 3.60. The van der Waals surface area contributed by atoms with Crippen LogP contribution in [0.1, 0.15) is 67.8 Å². The zero-order valence-electron chi connectivity index (χ0n) is 16.7. The maximum absolute atomic E-state index is 10.5. The summed E-state index contributed by atoms with van der Waals surface area (Å²) in [6.07, 6.45) is 6.30. The highest BCUT2D eigenvalue weighted by atomic mass is 16.4. The first kappa shape index (κ1) is 20.7. The number of rotatable bonds is 12. The lowest BCUT2D eigenvalue weighted by Gasteiger charge is -2.17. The maximum Gasteiger partial charge on any atom is 0.303 e. The SMILES string of the molecule is O=C(O)CCCCCCCCn1nnnc1C(c1ccccc1)c1ccccc1. The summed E-state index contributed by atoms with van der Waals surface area (Å²) in [6.45, 7) is 0.785. The van der Waals surface area contributed by atoms with Crippen molar-refractivity contribution in [2.75, 3.05) is 0 Å². The summed E-state index contributed by atoms with van der Waals surface area (Å²) in [6, 6.07) is 20.7. The van der Waals surface area contributed by atoms with Crippen LogP contribution in [0.3, 0.4) is 0 Å². The van der Waals surface area contributed by atoms with Crippen LogP contribution in [0.5, 0.6) is 0 Å². The molecule has 0 aliphatic heterocycles. The Balaban J connectivity index is 1.60. The Hall–Kier alpha value is -3.02. The van der Waals surface area contributed by atoms with Crippen molar-refractivity contribution >= 4 is 5.97 Å². The van der Waals surface area contributed by atoms with E-state index in [-0.39, 0.29) is 12.3 Å². The Morgan fingerprint density at radius 3 is 1.97 bits per heavy atom. The zero-order valence-corrected chi connectivity index (χ0v) is 16.7. The van der Waals surface area contributed by atoms with Crippen LogP contribution >= 0.6 is 0 Å². The van der Waals surface area contributed by atoms with Gasteiger partial charge in [0.25, 0.3) is 0 Å². The molecule has 0 aliphatic rings. The average molecular weight is 393 g/mol. The van der Waals surface area contributed by atoms with Crippen LogP contribution in [0.15, 0.2) is 60.7 Å². The van der Waals surface area contributed by atoms with E-state index in [9.17, 15) is 4.79 Å². The number of tetrazole rings is 1. The summed E-state index contributed by atoms with van der Waals surface area (Å²) in [5, 5.41) is 21.2. The molecule has 0 fully saturated rings. The number of aryl methyl sites for hydroxylation is 1. The van der Waals surface area contributed by atoms with Crippen LogP contribution in [0.4, 0.5) is 0 Å².